The Morgan fingerprint density at radius 3 is 2.65 bits per heavy atom. The van der Waals surface area contributed by atoms with Crippen molar-refractivity contribution in [1.29, 1.82) is 0 Å². The molecule has 3 aromatic rings. The molecule has 0 unspecified atom stereocenters. The van der Waals surface area contributed by atoms with Crippen molar-refractivity contribution in [1.82, 2.24) is 0 Å². The second kappa shape index (κ2) is 4.66. The molecule has 17 heavy (non-hydrogen) atoms. The fraction of sp³-hybridized carbons (Fsp3) is 0.0667. The fourth-order valence-corrected chi connectivity index (χ4v) is 5.66. The molecule has 0 fully saturated rings. The zero-order valence-corrected chi connectivity index (χ0v) is 12.0. The quantitative estimate of drug-likeness (QED) is 0.639. The van der Waals surface area contributed by atoms with Crippen LogP contribution in [0.15, 0.2) is 54.6 Å². The van der Waals surface area contributed by atoms with E-state index in [-0.39, 0.29) is 0 Å². The molecule has 1 heterocycles. The van der Waals surface area contributed by atoms with Crippen LogP contribution < -0.4 is 8.24 Å². The molecule has 3 rings (SSSR count). The zero-order valence-electron chi connectivity index (χ0n) is 9.51. The molecule has 0 radical (unpaired) electrons. The maximum atomic E-state index is 2.34. The van der Waals surface area contributed by atoms with Gasteiger partial charge in [-0.1, -0.05) is 0 Å². The SMILES string of the molecule is Cc1cccc([Se]c2cc3ccccc3s2)c1. The van der Waals surface area contributed by atoms with Crippen LogP contribution in [-0.2, 0) is 0 Å². The summed E-state index contributed by atoms with van der Waals surface area (Å²) in [5, 5.41) is 1.38. The molecule has 0 N–H and O–H groups in total. The van der Waals surface area contributed by atoms with Gasteiger partial charge in [0.05, 0.1) is 0 Å². The van der Waals surface area contributed by atoms with Crippen LogP contribution >= 0.6 is 11.3 Å². The molecule has 0 aliphatic carbocycles. The van der Waals surface area contributed by atoms with Crippen LogP contribution in [0, 0.1) is 6.92 Å². The Balaban J connectivity index is 1.94. The number of hydrogen-bond donors (Lipinski definition) is 0. The standard InChI is InChI=1S/C15H12SSe/c1-11-5-4-7-13(9-11)17-15-10-12-6-2-3-8-14(12)16-15/h2-10H,1H3. The average molecular weight is 303 g/mol. The van der Waals surface area contributed by atoms with Gasteiger partial charge < -0.3 is 0 Å². The number of hydrogen-bond acceptors (Lipinski definition) is 1. The van der Waals surface area contributed by atoms with Crippen LogP contribution in [-0.4, -0.2) is 15.0 Å². The van der Waals surface area contributed by atoms with E-state index in [2.05, 4.69) is 61.5 Å². The van der Waals surface area contributed by atoms with Crippen molar-refractivity contribution >= 4 is 44.6 Å². The van der Waals surface area contributed by atoms with E-state index in [9.17, 15) is 0 Å². The summed E-state index contributed by atoms with van der Waals surface area (Å²) in [7, 11) is 0. The minimum absolute atomic E-state index is 0.440. The van der Waals surface area contributed by atoms with E-state index in [0.29, 0.717) is 15.0 Å². The van der Waals surface area contributed by atoms with Crippen LogP contribution in [0.2, 0.25) is 0 Å². The molecule has 0 saturated carbocycles. The molecule has 2 aromatic carbocycles. The van der Waals surface area contributed by atoms with Gasteiger partial charge in [-0.3, -0.25) is 0 Å². The van der Waals surface area contributed by atoms with E-state index < -0.39 is 0 Å². The van der Waals surface area contributed by atoms with Gasteiger partial charge in [0.25, 0.3) is 0 Å². The minimum atomic E-state index is 0.440. The predicted molar refractivity (Wildman–Crippen MR) is 78.0 cm³/mol. The fourth-order valence-electron chi connectivity index (χ4n) is 1.80. The van der Waals surface area contributed by atoms with Crippen molar-refractivity contribution in [3.8, 4) is 0 Å². The summed E-state index contributed by atoms with van der Waals surface area (Å²) in [5.41, 5.74) is 1.35. The third kappa shape index (κ3) is 2.44. The van der Waals surface area contributed by atoms with Crippen molar-refractivity contribution in [3.05, 3.63) is 60.2 Å². The Bertz CT molecular complexity index is 622. The molecule has 0 spiro atoms. The molecular formula is C15H12SSe. The van der Waals surface area contributed by atoms with Gasteiger partial charge in [-0.2, -0.15) is 0 Å². The molecule has 0 aliphatic rings. The van der Waals surface area contributed by atoms with Gasteiger partial charge in [-0.25, -0.2) is 0 Å². The van der Waals surface area contributed by atoms with E-state index in [1.54, 1.807) is 0 Å². The van der Waals surface area contributed by atoms with Crippen molar-refractivity contribution in [2.75, 3.05) is 0 Å². The zero-order chi connectivity index (χ0) is 11.7. The van der Waals surface area contributed by atoms with Gasteiger partial charge in [0.15, 0.2) is 0 Å². The molecule has 84 valence electrons. The summed E-state index contributed by atoms with van der Waals surface area (Å²) in [6.45, 7) is 2.16. The first-order valence-electron chi connectivity index (χ1n) is 5.54. The number of benzene rings is 2. The monoisotopic (exact) mass is 304 g/mol. The van der Waals surface area contributed by atoms with E-state index in [0.717, 1.165) is 0 Å². The summed E-state index contributed by atoms with van der Waals surface area (Å²) in [4.78, 5) is 0. The van der Waals surface area contributed by atoms with Crippen molar-refractivity contribution in [2.24, 2.45) is 0 Å². The van der Waals surface area contributed by atoms with Gasteiger partial charge in [-0.05, 0) is 0 Å². The second-order valence-corrected chi connectivity index (χ2v) is 8.03. The summed E-state index contributed by atoms with van der Waals surface area (Å²) in [6.07, 6.45) is 0. The topological polar surface area (TPSA) is 0 Å². The van der Waals surface area contributed by atoms with E-state index in [4.69, 9.17) is 0 Å². The number of fused-ring (bicyclic) bond motifs is 1. The average Bonchev–Trinajstić information content (AvgIpc) is 2.71. The summed E-state index contributed by atoms with van der Waals surface area (Å²) in [5.74, 6) is 0. The Morgan fingerprint density at radius 2 is 1.82 bits per heavy atom. The molecule has 0 saturated heterocycles. The molecule has 2 heteroatoms. The molecule has 1 aromatic heterocycles. The van der Waals surface area contributed by atoms with Crippen molar-refractivity contribution < 1.29 is 0 Å². The van der Waals surface area contributed by atoms with Gasteiger partial charge >= 0.3 is 112 Å². The van der Waals surface area contributed by atoms with Crippen LogP contribution in [0.3, 0.4) is 0 Å². The Morgan fingerprint density at radius 1 is 0.941 bits per heavy atom. The van der Waals surface area contributed by atoms with Gasteiger partial charge in [-0.15, -0.1) is 0 Å². The van der Waals surface area contributed by atoms with Crippen LogP contribution in [0.5, 0.6) is 0 Å². The van der Waals surface area contributed by atoms with Crippen LogP contribution in [0.1, 0.15) is 5.56 Å². The van der Waals surface area contributed by atoms with Crippen molar-refractivity contribution in [2.45, 2.75) is 6.92 Å². The number of rotatable bonds is 2. The van der Waals surface area contributed by atoms with Gasteiger partial charge in [0.2, 0.25) is 0 Å². The number of aryl methyl sites for hydroxylation is 1. The van der Waals surface area contributed by atoms with E-state index in [1.807, 2.05) is 11.3 Å². The second-order valence-electron chi connectivity index (χ2n) is 4.02. The van der Waals surface area contributed by atoms with Crippen LogP contribution in [0.25, 0.3) is 10.1 Å². The van der Waals surface area contributed by atoms with E-state index in [1.165, 1.54) is 23.9 Å². The Labute approximate surface area is 111 Å². The first kappa shape index (κ1) is 11.0. The maximum absolute atomic E-state index is 2.34. The van der Waals surface area contributed by atoms with Gasteiger partial charge in [0.1, 0.15) is 0 Å². The third-order valence-electron chi connectivity index (χ3n) is 2.61. The molecule has 0 atom stereocenters. The molecular weight excluding hydrogens is 291 g/mol. The van der Waals surface area contributed by atoms with Crippen LogP contribution in [0.4, 0.5) is 0 Å². The summed E-state index contributed by atoms with van der Waals surface area (Å²) in [6, 6.07) is 19.8. The third-order valence-corrected chi connectivity index (χ3v) is 6.18. The molecule has 0 aliphatic heterocycles. The summed E-state index contributed by atoms with van der Waals surface area (Å²) < 4.78 is 4.37. The van der Waals surface area contributed by atoms with E-state index >= 15 is 0 Å². The summed E-state index contributed by atoms with van der Waals surface area (Å²) >= 11 is 2.37. The number of thiophene rings is 1. The predicted octanol–water partition coefficient (Wildman–Crippen LogP) is 2.86. The van der Waals surface area contributed by atoms with Crippen molar-refractivity contribution in [3.63, 3.8) is 0 Å². The Hall–Kier alpha value is -1.08. The first-order valence-corrected chi connectivity index (χ1v) is 8.07. The normalized spacial score (nSPS) is 10.9. The molecule has 0 nitrogen and oxygen atoms in total. The van der Waals surface area contributed by atoms with Gasteiger partial charge in [0, 0.05) is 0 Å². The first-order chi connectivity index (χ1) is 8.31. The molecule has 0 amide bonds. The molecule has 0 bridgehead atoms. The Kier molecular flexibility index (Phi) is 3.02.